The molecular formula is C14H19N3O2S. The van der Waals surface area contributed by atoms with Crippen molar-refractivity contribution >= 4 is 28.9 Å². The summed E-state index contributed by atoms with van der Waals surface area (Å²) in [5.74, 6) is -0.804. The number of hydrogen-bond acceptors (Lipinski definition) is 4. The van der Waals surface area contributed by atoms with Crippen LogP contribution in [0, 0.1) is 6.92 Å². The Hall–Kier alpha value is -1.56. The molecule has 0 aliphatic carbocycles. The van der Waals surface area contributed by atoms with Crippen molar-refractivity contribution in [2.24, 2.45) is 0 Å². The summed E-state index contributed by atoms with van der Waals surface area (Å²) in [7, 11) is 0. The van der Waals surface area contributed by atoms with E-state index in [0.717, 1.165) is 47.7 Å². The van der Waals surface area contributed by atoms with Crippen LogP contribution in [0.15, 0.2) is 17.4 Å². The number of imidazole rings is 1. The van der Waals surface area contributed by atoms with Crippen LogP contribution < -0.4 is 0 Å². The van der Waals surface area contributed by atoms with Crippen molar-refractivity contribution in [3.8, 4) is 0 Å². The van der Waals surface area contributed by atoms with Crippen molar-refractivity contribution < 1.29 is 9.90 Å². The number of nitrogens with zero attached hydrogens (tertiary/aromatic N) is 3. The van der Waals surface area contributed by atoms with Crippen LogP contribution in [-0.2, 0) is 11.3 Å². The molecule has 1 N–H and O–H groups in total. The van der Waals surface area contributed by atoms with E-state index in [0.29, 0.717) is 0 Å². The average Bonchev–Trinajstić information content (AvgIpc) is 2.74. The summed E-state index contributed by atoms with van der Waals surface area (Å²) >= 11 is 1.26. The van der Waals surface area contributed by atoms with Gasteiger partial charge in [0.15, 0.2) is 10.8 Å². The maximum absolute atomic E-state index is 10.7. The van der Waals surface area contributed by atoms with E-state index in [-0.39, 0.29) is 5.75 Å². The SMILES string of the molecule is CCCCCn1c(SCC(=O)O)nc2cc(C)cnc21. The number of rotatable bonds is 7. The van der Waals surface area contributed by atoms with Gasteiger partial charge in [-0.1, -0.05) is 31.5 Å². The molecule has 0 fully saturated rings. The number of pyridine rings is 1. The van der Waals surface area contributed by atoms with E-state index in [1.54, 1.807) is 0 Å². The first kappa shape index (κ1) is 14.8. The lowest BCUT2D eigenvalue weighted by Gasteiger charge is -2.07. The van der Waals surface area contributed by atoms with Gasteiger partial charge in [0.05, 0.1) is 5.75 Å². The Morgan fingerprint density at radius 2 is 2.25 bits per heavy atom. The minimum absolute atomic E-state index is 0.0239. The van der Waals surface area contributed by atoms with Crippen LogP contribution in [0.1, 0.15) is 31.7 Å². The molecule has 0 unspecified atom stereocenters. The number of unbranched alkanes of at least 4 members (excludes halogenated alkanes) is 2. The van der Waals surface area contributed by atoms with Gasteiger partial charge in [-0.15, -0.1) is 0 Å². The summed E-state index contributed by atoms with van der Waals surface area (Å²) in [6.45, 7) is 4.97. The van der Waals surface area contributed by atoms with Gasteiger partial charge in [-0.05, 0) is 25.0 Å². The van der Waals surface area contributed by atoms with E-state index in [1.807, 2.05) is 23.8 Å². The Labute approximate surface area is 122 Å². The van der Waals surface area contributed by atoms with E-state index in [1.165, 1.54) is 11.8 Å². The molecule has 0 atom stereocenters. The van der Waals surface area contributed by atoms with Gasteiger partial charge < -0.3 is 9.67 Å². The fraction of sp³-hybridized carbons (Fsp3) is 0.500. The van der Waals surface area contributed by atoms with Gasteiger partial charge in [0.25, 0.3) is 0 Å². The van der Waals surface area contributed by atoms with Gasteiger partial charge in [0.2, 0.25) is 0 Å². The lowest BCUT2D eigenvalue weighted by atomic mass is 10.2. The van der Waals surface area contributed by atoms with Crippen LogP contribution in [0.5, 0.6) is 0 Å². The molecule has 6 heteroatoms. The highest BCUT2D eigenvalue weighted by atomic mass is 32.2. The molecule has 5 nitrogen and oxygen atoms in total. The molecule has 0 saturated heterocycles. The number of aryl methyl sites for hydroxylation is 2. The second-order valence-electron chi connectivity index (χ2n) is 4.79. The van der Waals surface area contributed by atoms with E-state index < -0.39 is 5.97 Å². The number of carbonyl (C=O) groups is 1. The van der Waals surface area contributed by atoms with Crippen LogP contribution in [0.4, 0.5) is 0 Å². The van der Waals surface area contributed by atoms with Crippen molar-refractivity contribution in [3.63, 3.8) is 0 Å². The zero-order valence-electron chi connectivity index (χ0n) is 11.8. The fourth-order valence-electron chi connectivity index (χ4n) is 2.05. The van der Waals surface area contributed by atoms with Crippen molar-refractivity contribution in [3.05, 3.63) is 17.8 Å². The molecule has 0 aliphatic rings. The van der Waals surface area contributed by atoms with Crippen LogP contribution >= 0.6 is 11.8 Å². The number of thioether (sulfide) groups is 1. The van der Waals surface area contributed by atoms with Gasteiger partial charge in [-0.2, -0.15) is 0 Å². The summed E-state index contributed by atoms with van der Waals surface area (Å²) in [6, 6.07) is 1.99. The minimum Gasteiger partial charge on any atom is -0.481 e. The first-order valence-corrected chi connectivity index (χ1v) is 7.78. The summed E-state index contributed by atoms with van der Waals surface area (Å²) in [5.41, 5.74) is 2.75. The Morgan fingerprint density at radius 3 is 2.95 bits per heavy atom. The quantitative estimate of drug-likeness (QED) is 0.627. The van der Waals surface area contributed by atoms with Gasteiger partial charge in [-0.3, -0.25) is 4.79 Å². The molecule has 2 heterocycles. The van der Waals surface area contributed by atoms with E-state index in [9.17, 15) is 4.79 Å². The van der Waals surface area contributed by atoms with Crippen molar-refractivity contribution in [1.82, 2.24) is 14.5 Å². The third kappa shape index (κ3) is 3.50. The number of aromatic nitrogens is 3. The number of hydrogen-bond donors (Lipinski definition) is 1. The molecule has 2 aromatic rings. The predicted molar refractivity (Wildman–Crippen MR) is 80.1 cm³/mol. The number of carboxylic acids is 1. The number of carboxylic acid groups (broad SMARTS) is 1. The van der Waals surface area contributed by atoms with E-state index in [4.69, 9.17) is 5.11 Å². The molecule has 2 aromatic heterocycles. The normalized spacial score (nSPS) is 11.1. The first-order chi connectivity index (χ1) is 9.61. The zero-order chi connectivity index (χ0) is 14.5. The number of aliphatic carboxylic acids is 1. The predicted octanol–water partition coefficient (Wildman–Crippen LogP) is 3.11. The van der Waals surface area contributed by atoms with Crippen LogP contribution in [0.2, 0.25) is 0 Å². The van der Waals surface area contributed by atoms with Crippen molar-refractivity contribution in [2.45, 2.75) is 44.8 Å². The summed E-state index contributed by atoms with van der Waals surface area (Å²) in [6.07, 6.45) is 5.18. The molecular weight excluding hydrogens is 274 g/mol. The Bertz CT molecular complexity index is 610. The largest absolute Gasteiger partial charge is 0.481 e. The molecule has 0 saturated carbocycles. The highest BCUT2D eigenvalue weighted by Gasteiger charge is 2.13. The van der Waals surface area contributed by atoms with Gasteiger partial charge in [0, 0.05) is 12.7 Å². The fourth-order valence-corrected chi connectivity index (χ4v) is 2.80. The molecule has 20 heavy (non-hydrogen) atoms. The van der Waals surface area contributed by atoms with Crippen LogP contribution in [-0.4, -0.2) is 31.4 Å². The third-order valence-corrected chi connectivity index (χ3v) is 3.96. The zero-order valence-corrected chi connectivity index (χ0v) is 12.6. The maximum atomic E-state index is 10.7. The highest BCUT2D eigenvalue weighted by Crippen LogP contribution is 2.24. The molecule has 0 amide bonds. The van der Waals surface area contributed by atoms with Crippen LogP contribution in [0.3, 0.4) is 0 Å². The lowest BCUT2D eigenvalue weighted by Crippen LogP contribution is -2.04. The molecule has 0 spiro atoms. The summed E-state index contributed by atoms with van der Waals surface area (Å²) < 4.78 is 2.04. The summed E-state index contributed by atoms with van der Waals surface area (Å²) in [4.78, 5) is 19.7. The van der Waals surface area contributed by atoms with Crippen molar-refractivity contribution in [2.75, 3.05) is 5.75 Å². The monoisotopic (exact) mass is 293 g/mol. The smallest absolute Gasteiger partial charge is 0.313 e. The van der Waals surface area contributed by atoms with Gasteiger partial charge in [0.1, 0.15) is 5.52 Å². The minimum atomic E-state index is -0.827. The average molecular weight is 293 g/mol. The first-order valence-electron chi connectivity index (χ1n) is 6.79. The molecule has 0 bridgehead atoms. The molecule has 0 radical (unpaired) electrons. The second-order valence-corrected chi connectivity index (χ2v) is 5.73. The lowest BCUT2D eigenvalue weighted by molar-refractivity contribution is -0.133. The third-order valence-electron chi connectivity index (χ3n) is 3.00. The van der Waals surface area contributed by atoms with Crippen molar-refractivity contribution in [1.29, 1.82) is 0 Å². The number of fused-ring (bicyclic) bond motifs is 1. The van der Waals surface area contributed by atoms with Crippen LogP contribution in [0.25, 0.3) is 11.2 Å². The standard InChI is InChI=1S/C14H19N3O2S/c1-3-4-5-6-17-13-11(7-10(2)8-15-13)16-14(17)20-9-12(18)19/h7-8H,3-6,9H2,1-2H3,(H,18,19). The van der Waals surface area contributed by atoms with Gasteiger partial charge >= 0.3 is 5.97 Å². The topological polar surface area (TPSA) is 68.0 Å². The van der Waals surface area contributed by atoms with E-state index in [2.05, 4.69) is 16.9 Å². The Kier molecular flexibility index (Phi) is 5.00. The van der Waals surface area contributed by atoms with Gasteiger partial charge in [-0.25, -0.2) is 9.97 Å². The molecule has 2 rings (SSSR count). The Morgan fingerprint density at radius 1 is 1.45 bits per heavy atom. The second kappa shape index (κ2) is 6.74. The maximum Gasteiger partial charge on any atom is 0.313 e. The molecule has 0 aromatic carbocycles. The Balaban J connectivity index is 2.31. The summed E-state index contributed by atoms with van der Waals surface area (Å²) in [5, 5.41) is 9.57. The highest BCUT2D eigenvalue weighted by molar-refractivity contribution is 7.99. The molecule has 108 valence electrons. The molecule has 0 aliphatic heterocycles. The van der Waals surface area contributed by atoms with E-state index >= 15 is 0 Å².